The van der Waals surface area contributed by atoms with E-state index in [0.29, 0.717) is 23.1 Å². The molecule has 0 aliphatic rings. The van der Waals surface area contributed by atoms with E-state index in [1.165, 1.54) is 18.3 Å². The molecular formula is C17H16Cl2N2O4. The van der Waals surface area contributed by atoms with Gasteiger partial charge in [0.25, 0.3) is 5.91 Å². The van der Waals surface area contributed by atoms with Crippen LogP contribution in [0.25, 0.3) is 0 Å². The van der Waals surface area contributed by atoms with Crippen LogP contribution in [0, 0.1) is 0 Å². The number of nitrogens with zero attached hydrogens (tertiary/aromatic N) is 1. The van der Waals surface area contributed by atoms with Crippen LogP contribution in [0.4, 0.5) is 0 Å². The average molecular weight is 383 g/mol. The fourth-order valence-corrected chi connectivity index (χ4v) is 2.39. The van der Waals surface area contributed by atoms with E-state index in [9.17, 15) is 9.90 Å². The second kappa shape index (κ2) is 9.15. The number of carbonyl (C=O) groups excluding carboxylic acids is 1. The molecule has 0 bridgehead atoms. The quantitative estimate of drug-likeness (QED) is 0.565. The molecule has 2 N–H and O–H groups in total. The van der Waals surface area contributed by atoms with Crippen LogP contribution in [0.3, 0.4) is 0 Å². The lowest BCUT2D eigenvalue weighted by Crippen LogP contribution is -2.24. The van der Waals surface area contributed by atoms with Gasteiger partial charge in [0.2, 0.25) is 0 Å². The zero-order valence-electron chi connectivity index (χ0n) is 13.3. The number of amides is 1. The number of carbonyl (C=O) groups is 1. The molecule has 2 aromatic rings. The van der Waals surface area contributed by atoms with Crippen molar-refractivity contribution in [2.45, 2.75) is 6.92 Å². The van der Waals surface area contributed by atoms with Crippen LogP contribution in [0.1, 0.15) is 12.5 Å². The lowest BCUT2D eigenvalue weighted by molar-refractivity contribution is -0.123. The van der Waals surface area contributed by atoms with Gasteiger partial charge < -0.3 is 14.6 Å². The van der Waals surface area contributed by atoms with Gasteiger partial charge in [-0.15, -0.1) is 0 Å². The molecule has 0 saturated heterocycles. The predicted molar refractivity (Wildman–Crippen MR) is 97.0 cm³/mol. The minimum absolute atomic E-state index is 0.0936. The minimum Gasteiger partial charge on any atom is -0.506 e. The van der Waals surface area contributed by atoms with E-state index >= 15 is 0 Å². The largest absolute Gasteiger partial charge is 0.506 e. The number of rotatable bonds is 7. The number of aromatic hydroxyl groups is 1. The van der Waals surface area contributed by atoms with Crippen LogP contribution in [0.15, 0.2) is 41.5 Å². The first-order valence-electron chi connectivity index (χ1n) is 7.35. The number of hydrogen-bond acceptors (Lipinski definition) is 5. The summed E-state index contributed by atoms with van der Waals surface area (Å²) in [5.74, 6) is 0.365. The third-order valence-corrected chi connectivity index (χ3v) is 3.46. The third-order valence-electron chi connectivity index (χ3n) is 2.96. The van der Waals surface area contributed by atoms with Crippen molar-refractivity contribution in [2.24, 2.45) is 5.10 Å². The molecule has 0 saturated carbocycles. The van der Waals surface area contributed by atoms with Crippen LogP contribution in [-0.4, -0.2) is 30.4 Å². The highest BCUT2D eigenvalue weighted by molar-refractivity contribution is 6.36. The standard InChI is InChI=1S/C17H16Cl2N2O4/c1-2-24-14-5-3-4-6-15(14)25-10-16(22)21-20-9-11-7-12(18)8-13(19)17(11)23/h3-9,23H,2,10H2,1H3,(H,21,22). The molecule has 2 rings (SSSR count). The number of benzene rings is 2. The molecule has 1 amide bonds. The van der Waals surface area contributed by atoms with Crippen molar-refractivity contribution < 1.29 is 19.4 Å². The average Bonchev–Trinajstić information content (AvgIpc) is 2.58. The highest BCUT2D eigenvalue weighted by atomic mass is 35.5. The van der Waals surface area contributed by atoms with E-state index in [1.807, 2.05) is 13.0 Å². The number of halogens is 2. The van der Waals surface area contributed by atoms with Crippen molar-refractivity contribution in [2.75, 3.05) is 13.2 Å². The number of phenols is 1. The number of ether oxygens (including phenoxy) is 2. The van der Waals surface area contributed by atoms with Crippen LogP contribution < -0.4 is 14.9 Å². The lowest BCUT2D eigenvalue weighted by atomic mass is 10.2. The van der Waals surface area contributed by atoms with E-state index in [-0.39, 0.29) is 22.9 Å². The zero-order chi connectivity index (χ0) is 18.2. The van der Waals surface area contributed by atoms with Crippen molar-refractivity contribution in [3.8, 4) is 17.2 Å². The van der Waals surface area contributed by atoms with E-state index in [2.05, 4.69) is 10.5 Å². The molecular weight excluding hydrogens is 367 g/mol. The van der Waals surface area contributed by atoms with Gasteiger partial charge in [0, 0.05) is 10.6 Å². The highest BCUT2D eigenvalue weighted by Crippen LogP contribution is 2.30. The molecule has 0 aromatic heterocycles. The Labute approximate surface area is 155 Å². The molecule has 0 aliphatic carbocycles. The first kappa shape index (κ1) is 18.9. The number of phenolic OH excluding ortho intramolecular Hbond substituents is 1. The van der Waals surface area contributed by atoms with Gasteiger partial charge in [0.15, 0.2) is 18.1 Å². The molecule has 8 heteroatoms. The van der Waals surface area contributed by atoms with Crippen molar-refractivity contribution in [1.29, 1.82) is 0 Å². The maximum atomic E-state index is 11.8. The number of nitrogens with one attached hydrogen (secondary N) is 1. The van der Waals surface area contributed by atoms with Gasteiger partial charge >= 0.3 is 0 Å². The lowest BCUT2D eigenvalue weighted by Gasteiger charge is -2.10. The molecule has 25 heavy (non-hydrogen) atoms. The van der Waals surface area contributed by atoms with Gasteiger partial charge in [0.05, 0.1) is 17.8 Å². The molecule has 132 valence electrons. The van der Waals surface area contributed by atoms with Crippen molar-refractivity contribution in [3.05, 3.63) is 52.0 Å². The summed E-state index contributed by atoms with van der Waals surface area (Å²) in [5, 5.41) is 14.0. The number of hydrogen-bond donors (Lipinski definition) is 2. The van der Waals surface area contributed by atoms with E-state index < -0.39 is 5.91 Å². The molecule has 0 radical (unpaired) electrons. The number of hydrazone groups is 1. The second-order valence-electron chi connectivity index (χ2n) is 4.79. The second-order valence-corrected chi connectivity index (χ2v) is 5.63. The van der Waals surface area contributed by atoms with Gasteiger partial charge in [-0.05, 0) is 31.2 Å². The SMILES string of the molecule is CCOc1ccccc1OCC(=O)NN=Cc1cc(Cl)cc(Cl)c1O. The molecule has 0 unspecified atom stereocenters. The fraction of sp³-hybridized carbons (Fsp3) is 0.176. The summed E-state index contributed by atoms with van der Waals surface area (Å²) < 4.78 is 10.8. The maximum Gasteiger partial charge on any atom is 0.277 e. The smallest absolute Gasteiger partial charge is 0.277 e. The summed E-state index contributed by atoms with van der Waals surface area (Å²) in [6.45, 7) is 2.10. The molecule has 2 aromatic carbocycles. The Balaban J connectivity index is 1.91. The Bertz CT molecular complexity index is 781. The van der Waals surface area contributed by atoms with Crippen LogP contribution >= 0.6 is 23.2 Å². The molecule has 0 heterocycles. The van der Waals surface area contributed by atoms with Gasteiger partial charge in [-0.1, -0.05) is 35.3 Å². The highest BCUT2D eigenvalue weighted by Gasteiger charge is 2.08. The normalized spacial score (nSPS) is 10.7. The fourth-order valence-electron chi connectivity index (χ4n) is 1.88. The van der Waals surface area contributed by atoms with Crippen molar-refractivity contribution >= 4 is 35.3 Å². The summed E-state index contributed by atoms with van der Waals surface area (Å²) in [5.41, 5.74) is 2.56. The monoisotopic (exact) mass is 382 g/mol. The van der Waals surface area contributed by atoms with Crippen molar-refractivity contribution in [1.82, 2.24) is 5.43 Å². The summed E-state index contributed by atoms with van der Waals surface area (Å²) in [6.07, 6.45) is 1.24. The van der Waals surface area contributed by atoms with Crippen LogP contribution in [-0.2, 0) is 4.79 Å². The first-order chi connectivity index (χ1) is 12.0. The van der Waals surface area contributed by atoms with E-state index in [1.54, 1.807) is 18.2 Å². The molecule has 0 aliphatic heterocycles. The van der Waals surface area contributed by atoms with Crippen LogP contribution in [0.5, 0.6) is 17.2 Å². The van der Waals surface area contributed by atoms with Gasteiger partial charge in [0.1, 0.15) is 5.75 Å². The van der Waals surface area contributed by atoms with Crippen molar-refractivity contribution in [3.63, 3.8) is 0 Å². The first-order valence-corrected chi connectivity index (χ1v) is 8.11. The Kier molecular flexibility index (Phi) is 6.91. The molecule has 0 spiro atoms. The third kappa shape index (κ3) is 5.55. The van der Waals surface area contributed by atoms with Gasteiger partial charge in [-0.2, -0.15) is 5.10 Å². The summed E-state index contributed by atoms with van der Waals surface area (Å²) in [6, 6.07) is 9.91. The zero-order valence-corrected chi connectivity index (χ0v) is 14.8. The Morgan fingerprint density at radius 3 is 2.60 bits per heavy atom. The summed E-state index contributed by atoms with van der Waals surface area (Å²) in [4.78, 5) is 11.8. The van der Waals surface area contributed by atoms with Crippen LogP contribution in [0.2, 0.25) is 10.0 Å². The Morgan fingerprint density at radius 1 is 1.24 bits per heavy atom. The van der Waals surface area contributed by atoms with E-state index in [0.717, 1.165) is 0 Å². The molecule has 0 atom stereocenters. The predicted octanol–water partition coefficient (Wildman–Crippen LogP) is 3.63. The summed E-state index contributed by atoms with van der Waals surface area (Å²) >= 11 is 11.6. The molecule has 0 fully saturated rings. The maximum absolute atomic E-state index is 11.8. The van der Waals surface area contributed by atoms with Gasteiger partial charge in [-0.3, -0.25) is 4.79 Å². The Hall–Kier alpha value is -2.44. The topological polar surface area (TPSA) is 80.2 Å². The van der Waals surface area contributed by atoms with E-state index in [4.69, 9.17) is 32.7 Å². The Morgan fingerprint density at radius 2 is 1.92 bits per heavy atom. The molecule has 6 nitrogen and oxygen atoms in total. The van der Waals surface area contributed by atoms with Gasteiger partial charge in [-0.25, -0.2) is 5.43 Å². The minimum atomic E-state index is -0.477. The summed E-state index contributed by atoms with van der Waals surface area (Å²) in [7, 11) is 0. The number of para-hydroxylation sites is 2.